The molecular weight excluding hydrogens is 270 g/mol. The highest BCUT2D eigenvalue weighted by atomic mass is 16.5. The third-order valence-corrected chi connectivity index (χ3v) is 3.42. The molecule has 0 bridgehead atoms. The van der Waals surface area contributed by atoms with Crippen molar-refractivity contribution in [3.63, 3.8) is 0 Å². The number of anilines is 1. The van der Waals surface area contributed by atoms with Crippen LogP contribution in [0.3, 0.4) is 0 Å². The molecule has 5 heteroatoms. The largest absolute Gasteiger partial charge is 0.497 e. The van der Waals surface area contributed by atoms with Crippen molar-refractivity contribution < 1.29 is 19.4 Å². The average molecular weight is 293 g/mol. The lowest BCUT2D eigenvalue weighted by Gasteiger charge is -2.21. The van der Waals surface area contributed by atoms with Crippen LogP contribution in [-0.2, 0) is 9.59 Å². The summed E-state index contributed by atoms with van der Waals surface area (Å²) in [6.07, 6.45) is 4.21. The quantitative estimate of drug-likeness (QED) is 0.512. The fourth-order valence-electron chi connectivity index (χ4n) is 2.16. The molecule has 0 aliphatic heterocycles. The number of carboxylic acid groups (broad SMARTS) is 1. The fraction of sp³-hybridized carbons (Fsp3) is 0.500. The molecule has 0 unspecified atom stereocenters. The summed E-state index contributed by atoms with van der Waals surface area (Å²) < 4.78 is 5.06. The van der Waals surface area contributed by atoms with E-state index in [0.29, 0.717) is 17.9 Å². The molecular formula is C16H23NO4. The van der Waals surface area contributed by atoms with E-state index in [4.69, 9.17) is 4.74 Å². The molecule has 0 fully saturated rings. The summed E-state index contributed by atoms with van der Waals surface area (Å²) in [5, 5.41) is 12.3. The minimum atomic E-state index is -1.01. The molecule has 0 aliphatic rings. The third kappa shape index (κ3) is 5.45. The second-order valence-corrected chi connectivity index (χ2v) is 4.98. The molecule has 1 aromatic rings. The number of aldehydes is 1. The summed E-state index contributed by atoms with van der Waals surface area (Å²) >= 11 is 0. The van der Waals surface area contributed by atoms with E-state index in [1.165, 1.54) is 0 Å². The van der Waals surface area contributed by atoms with Crippen molar-refractivity contribution in [3.8, 4) is 5.75 Å². The summed E-state index contributed by atoms with van der Waals surface area (Å²) in [6, 6.07) is 6.06. The van der Waals surface area contributed by atoms with E-state index in [2.05, 4.69) is 12.2 Å². The van der Waals surface area contributed by atoms with Gasteiger partial charge < -0.3 is 20.0 Å². The van der Waals surface area contributed by atoms with Crippen molar-refractivity contribution >= 4 is 17.9 Å². The SMILES string of the molecule is CCCCC[C@@H](C=O)[C@H](Nc1ccc(OC)cc1)C(=O)O. The second kappa shape index (κ2) is 9.00. The van der Waals surface area contributed by atoms with Gasteiger partial charge in [-0.15, -0.1) is 0 Å². The number of carbonyl (C=O) groups excluding carboxylic acids is 1. The van der Waals surface area contributed by atoms with Gasteiger partial charge in [0.15, 0.2) is 0 Å². The van der Waals surface area contributed by atoms with Crippen molar-refractivity contribution in [2.45, 2.75) is 38.6 Å². The number of benzene rings is 1. The number of hydrogen-bond donors (Lipinski definition) is 2. The number of aliphatic carboxylic acids is 1. The fourth-order valence-corrected chi connectivity index (χ4v) is 2.16. The van der Waals surface area contributed by atoms with Gasteiger partial charge in [0.25, 0.3) is 0 Å². The van der Waals surface area contributed by atoms with Crippen LogP contribution < -0.4 is 10.1 Å². The maximum atomic E-state index is 11.4. The molecule has 0 amide bonds. The van der Waals surface area contributed by atoms with E-state index in [-0.39, 0.29) is 0 Å². The highest BCUT2D eigenvalue weighted by molar-refractivity contribution is 5.81. The molecule has 0 saturated heterocycles. The van der Waals surface area contributed by atoms with Crippen LogP contribution in [0.4, 0.5) is 5.69 Å². The minimum absolute atomic E-state index is 0.531. The summed E-state index contributed by atoms with van der Waals surface area (Å²) in [4.78, 5) is 22.6. The number of carbonyl (C=O) groups is 2. The lowest BCUT2D eigenvalue weighted by molar-refractivity contribution is -0.140. The van der Waals surface area contributed by atoms with Crippen LogP contribution >= 0.6 is 0 Å². The molecule has 116 valence electrons. The number of unbranched alkanes of at least 4 members (excludes halogenated alkanes) is 2. The Balaban J connectivity index is 2.74. The number of carboxylic acids is 1. The number of nitrogens with one attached hydrogen (secondary N) is 1. The average Bonchev–Trinajstić information content (AvgIpc) is 2.50. The highest BCUT2D eigenvalue weighted by Crippen LogP contribution is 2.20. The van der Waals surface area contributed by atoms with Gasteiger partial charge in [-0.25, -0.2) is 4.79 Å². The van der Waals surface area contributed by atoms with Gasteiger partial charge in [-0.2, -0.15) is 0 Å². The van der Waals surface area contributed by atoms with E-state index in [1.807, 2.05) is 0 Å². The summed E-state index contributed by atoms with van der Waals surface area (Å²) in [6.45, 7) is 2.07. The van der Waals surface area contributed by atoms with Gasteiger partial charge >= 0.3 is 5.97 Å². The first kappa shape index (κ1) is 17.0. The predicted octanol–water partition coefficient (Wildman–Crippen LogP) is 2.96. The maximum Gasteiger partial charge on any atom is 0.326 e. The molecule has 2 N–H and O–H groups in total. The minimum Gasteiger partial charge on any atom is -0.497 e. The lowest BCUT2D eigenvalue weighted by atomic mass is 9.94. The Morgan fingerprint density at radius 3 is 2.48 bits per heavy atom. The van der Waals surface area contributed by atoms with Gasteiger partial charge in [-0.05, 0) is 30.7 Å². The van der Waals surface area contributed by atoms with Crippen LogP contribution in [0.15, 0.2) is 24.3 Å². The number of ether oxygens (including phenoxy) is 1. The summed E-state index contributed by atoms with van der Waals surface area (Å²) in [7, 11) is 1.57. The Kier molecular flexibility index (Phi) is 7.29. The summed E-state index contributed by atoms with van der Waals surface area (Å²) in [5.41, 5.74) is 0.658. The van der Waals surface area contributed by atoms with Gasteiger partial charge in [0, 0.05) is 11.6 Å². The monoisotopic (exact) mass is 293 g/mol. The van der Waals surface area contributed by atoms with Crippen molar-refractivity contribution in [2.24, 2.45) is 5.92 Å². The molecule has 21 heavy (non-hydrogen) atoms. The van der Waals surface area contributed by atoms with Crippen LogP contribution in [0, 0.1) is 5.92 Å². The number of rotatable bonds is 10. The van der Waals surface area contributed by atoms with Crippen LogP contribution in [0.5, 0.6) is 5.75 Å². The Hall–Kier alpha value is -2.04. The first-order valence-corrected chi connectivity index (χ1v) is 7.21. The molecule has 0 spiro atoms. The zero-order chi connectivity index (χ0) is 15.7. The first-order valence-electron chi connectivity index (χ1n) is 7.21. The molecule has 0 heterocycles. The molecule has 0 aromatic heterocycles. The molecule has 0 saturated carbocycles. The molecule has 0 aliphatic carbocycles. The summed E-state index contributed by atoms with van der Waals surface area (Å²) in [5.74, 6) is -0.849. The third-order valence-electron chi connectivity index (χ3n) is 3.42. The number of hydrogen-bond acceptors (Lipinski definition) is 4. The molecule has 1 aromatic carbocycles. The van der Waals surface area contributed by atoms with Gasteiger partial charge in [0.05, 0.1) is 7.11 Å². The van der Waals surface area contributed by atoms with Crippen molar-refractivity contribution in [2.75, 3.05) is 12.4 Å². The zero-order valence-corrected chi connectivity index (χ0v) is 12.5. The second-order valence-electron chi connectivity index (χ2n) is 4.98. The molecule has 1 rings (SSSR count). The van der Waals surface area contributed by atoms with Crippen LogP contribution in [0.2, 0.25) is 0 Å². The smallest absolute Gasteiger partial charge is 0.326 e. The normalized spacial score (nSPS) is 13.2. The standard InChI is InChI=1S/C16H23NO4/c1-3-4-5-6-12(11-18)15(16(19)20)17-13-7-9-14(21-2)10-8-13/h7-12,15,17H,3-6H2,1-2H3,(H,19,20)/t12-,15-/m0/s1. The van der Waals surface area contributed by atoms with Gasteiger partial charge in [-0.1, -0.05) is 26.2 Å². The van der Waals surface area contributed by atoms with Crippen LogP contribution in [-0.4, -0.2) is 30.5 Å². The van der Waals surface area contributed by atoms with E-state index < -0.39 is 17.9 Å². The van der Waals surface area contributed by atoms with E-state index in [1.54, 1.807) is 31.4 Å². The molecule has 5 nitrogen and oxygen atoms in total. The highest BCUT2D eigenvalue weighted by Gasteiger charge is 2.27. The van der Waals surface area contributed by atoms with Crippen molar-refractivity contribution in [1.29, 1.82) is 0 Å². The Morgan fingerprint density at radius 1 is 1.33 bits per heavy atom. The van der Waals surface area contributed by atoms with Crippen LogP contribution in [0.25, 0.3) is 0 Å². The maximum absolute atomic E-state index is 11.4. The Bertz CT molecular complexity index is 444. The van der Waals surface area contributed by atoms with Crippen molar-refractivity contribution in [1.82, 2.24) is 0 Å². The van der Waals surface area contributed by atoms with Gasteiger partial charge in [0.2, 0.25) is 0 Å². The van der Waals surface area contributed by atoms with Crippen molar-refractivity contribution in [3.05, 3.63) is 24.3 Å². The van der Waals surface area contributed by atoms with E-state index in [9.17, 15) is 14.7 Å². The van der Waals surface area contributed by atoms with Crippen LogP contribution in [0.1, 0.15) is 32.6 Å². The Labute approximate surface area is 125 Å². The lowest BCUT2D eigenvalue weighted by Crippen LogP contribution is -2.37. The Morgan fingerprint density at radius 2 is 2.00 bits per heavy atom. The molecule has 0 radical (unpaired) electrons. The van der Waals surface area contributed by atoms with E-state index in [0.717, 1.165) is 25.5 Å². The van der Waals surface area contributed by atoms with Gasteiger partial charge in [-0.3, -0.25) is 0 Å². The topological polar surface area (TPSA) is 75.6 Å². The van der Waals surface area contributed by atoms with Gasteiger partial charge in [0.1, 0.15) is 18.1 Å². The first-order chi connectivity index (χ1) is 10.1. The number of methoxy groups -OCH3 is 1. The zero-order valence-electron chi connectivity index (χ0n) is 12.5. The molecule has 2 atom stereocenters. The van der Waals surface area contributed by atoms with E-state index >= 15 is 0 Å². The predicted molar refractivity (Wildman–Crippen MR) is 81.7 cm³/mol.